The standard InChI is InChI=1S/C24H19NO8/c26-20(14-7-3-1-4-8-14)30-12-15-11-24(13-31-23(29)25-16-9-5-2-6-10-16)18-17(19(15)33-24)21(27)32-22(18)28/h1-11,17-19H,12-13H2,(H,25,29). The van der Waals surface area contributed by atoms with Crippen molar-refractivity contribution in [3.63, 3.8) is 0 Å². The maximum atomic E-state index is 12.4. The van der Waals surface area contributed by atoms with Crippen LogP contribution in [-0.4, -0.2) is 48.9 Å². The van der Waals surface area contributed by atoms with Gasteiger partial charge >= 0.3 is 24.0 Å². The van der Waals surface area contributed by atoms with Crippen LogP contribution in [-0.2, 0) is 28.5 Å². The quantitative estimate of drug-likeness (QED) is 0.309. The lowest BCUT2D eigenvalue weighted by molar-refractivity contribution is -0.159. The van der Waals surface area contributed by atoms with Gasteiger partial charge in [0.1, 0.15) is 30.7 Å². The van der Waals surface area contributed by atoms with E-state index in [9.17, 15) is 19.2 Å². The largest absolute Gasteiger partial charge is 0.457 e. The van der Waals surface area contributed by atoms with Gasteiger partial charge in [0.05, 0.1) is 11.7 Å². The van der Waals surface area contributed by atoms with E-state index in [1.54, 1.807) is 66.7 Å². The van der Waals surface area contributed by atoms with Gasteiger partial charge in [-0.1, -0.05) is 36.4 Å². The van der Waals surface area contributed by atoms with E-state index in [2.05, 4.69) is 5.32 Å². The molecule has 0 radical (unpaired) electrons. The Bertz CT molecular complexity index is 1150. The number of benzene rings is 2. The van der Waals surface area contributed by atoms with Crippen molar-refractivity contribution >= 4 is 29.7 Å². The van der Waals surface area contributed by atoms with Gasteiger partial charge in [0.25, 0.3) is 0 Å². The van der Waals surface area contributed by atoms with Crippen LogP contribution in [0, 0.1) is 11.8 Å². The molecule has 9 nitrogen and oxygen atoms in total. The fourth-order valence-corrected chi connectivity index (χ4v) is 4.47. The van der Waals surface area contributed by atoms with Crippen LogP contribution in [0.1, 0.15) is 10.4 Å². The molecule has 0 aliphatic carbocycles. The molecule has 5 rings (SSSR count). The van der Waals surface area contributed by atoms with E-state index in [1.807, 2.05) is 0 Å². The van der Waals surface area contributed by atoms with E-state index in [1.165, 1.54) is 0 Å². The number of esters is 3. The Morgan fingerprint density at radius 1 is 0.939 bits per heavy atom. The number of fused-ring (bicyclic) bond motifs is 5. The molecule has 2 aromatic rings. The van der Waals surface area contributed by atoms with Gasteiger partial charge in [-0.15, -0.1) is 0 Å². The number of anilines is 1. The fraction of sp³-hybridized carbons (Fsp3) is 0.250. The monoisotopic (exact) mass is 449 g/mol. The number of amides is 1. The van der Waals surface area contributed by atoms with E-state index >= 15 is 0 Å². The minimum absolute atomic E-state index is 0.138. The third-order valence-electron chi connectivity index (χ3n) is 5.91. The number of para-hydroxylation sites is 1. The average molecular weight is 449 g/mol. The van der Waals surface area contributed by atoms with Crippen LogP contribution < -0.4 is 5.32 Å². The average Bonchev–Trinajstić information content (AvgIpc) is 3.46. The molecule has 0 aromatic heterocycles. The fourth-order valence-electron chi connectivity index (χ4n) is 4.47. The lowest BCUT2D eigenvalue weighted by Crippen LogP contribution is -2.43. The highest BCUT2D eigenvalue weighted by Gasteiger charge is 2.69. The Morgan fingerprint density at radius 2 is 1.64 bits per heavy atom. The minimum Gasteiger partial charge on any atom is -0.457 e. The number of nitrogens with one attached hydrogen (secondary N) is 1. The van der Waals surface area contributed by atoms with Crippen LogP contribution >= 0.6 is 0 Å². The topological polar surface area (TPSA) is 117 Å². The molecule has 2 fully saturated rings. The summed E-state index contributed by atoms with van der Waals surface area (Å²) in [6.07, 6.45) is 0.0553. The highest BCUT2D eigenvalue weighted by Crippen LogP contribution is 2.53. The number of carbonyl (C=O) groups is 4. The predicted molar refractivity (Wildman–Crippen MR) is 112 cm³/mol. The number of carbonyl (C=O) groups excluding carboxylic acids is 4. The molecule has 168 valence electrons. The Labute approximate surface area is 188 Å². The number of cyclic esters (lactones) is 2. The van der Waals surface area contributed by atoms with E-state index in [0.29, 0.717) is 16.8 Å². The van der Waals surface area contributed by atoms with Crippen LogP contribution in [0.4, 0.5) is 10.5 Å². The number of hydrogen-bond donors (Lipinski definition) is 1. The first-order chi connectivity index (χ1) is 16.0. The lowest BCUT2D eigenvalue weighted by Gasteiger charge is -2.27. The van der Waals surface area contributed by atoms with Gasteiger partial charge in [-0.05, 0) is 35.9 Å². The van der Waals surface area contributed by atoms with Crippen molar-refractivity contribution in [2.24, 2.45) is 11.8 Å². The zero-order chi connectivity index (χ0) is 23.0. The second-order valence-electron chi connectivity index (χ2n) is 7.97. The second-order valence-corrected chi connectivity index (χ2v) is 7.97. The summed E-state index contributed by atoms with van der Waals surface area (Å²) in [5.74, 6) is -3.78. The Kier molecular flexibility index (Phi) is 5.18. The van der Waals surface area contributed by atoms with Crippen molar-refractivity contribution in [2.45, 2.75) is 11.7 Å². The van der Waals surface area contributed by atoms with Crippen molar-refractivity contribution in [2.75, 3.05) is 18.5 Å². The summed E-state index contributed by atoms with van der Waals surface area (Å²) in [6.45, 7) is -0.455. The second kappa shape index (κ2) is 8.18. The Balaban J connectivity index is 1.31. The summed E-state index contributed by atoms with van der Waals surface area (Å²) >= 11 is 0. The molecule has 0 spiro atoms. The van der Waals surface area contributed by atoms with Crippen LogP contribution in [0.3, 0.4) is 0 Å². The molecule has 4 unspecified atom stereocenters. The Morgan fingerprint density at radius 3 is 2.36 bits per heavy atom. The highest BCUT2D eigenvalue weighted by molar-refractivity contribution is 5.99. The highest BCUT2D eigenvalue weighted by atomic mass is 16.6. The number of rotatable bonds is 6. The number of hydrogen-bond acceptors (Lipinski definition) is 8. The molecule has 4 atom stereocenters. The first-order valence-corrected chi connectivity index (χ1v) is 10.3. The van der Waals surface area contributed by atoms with E-state index < -0.39 is 47.5 Å². The summed E-state index contributed by atoms with van der Waals surface area (Å²) in [4.78, 5) is 49.2. The molecule has 0 saturated carbocycles. The molecule has 33 heavy (non-hydrogen) atoms. The number of ether oxygens (including phenoxy) is 4. The SMILES string of the molecule is O=C(Nc1ccccc1)OCC12C=C(COC(=O)c3ccccc3)C(O1)C1C(=O)OC(=O)C12. The van der Waals surface area contributed by atoms with Gasteiger partial charge in [0.2, 0.25) is 0 Å². The normalized spacial score (nSPS) is 26.9. The van der Waals surface area contributed by atoms with Crippen molar-refractivity contribution in [1.82, 2.24) is 0 Å². The van der Waals surface area contributed by atoms with E-state index in [0.717, 1.165) is 0 Å². The molecule has 9 heteroatoms. The van der Waals surface area contributed by atoms with Crippen molar-refractivity contribution in [3.8, 4) is 0 Å². The molecule has 3 aliphatic rings. The van der Waals surface area contributed by atoms with Crippen molar-refractivity contribution in [1.29, 1.82) is 0 Å². The molecule has 2 saturated heterocycles. The van der Waals surface area contributed by atoms with Gasteiger partial charge in [-0.25, -0.2) is 9.59 Å². The van der Waals surface area contributed by atoms with Crippen molar-refractivity contribution in [3.05, 3.63) is 77.9 Å². The van der Waals surface area contributed by atoms with Crippen LogP contribution in [0.2, 0.25) is 0 Å². The summed E-state index contributed by atoms with van der Waals surface area (Å²) in [6, 6.07) is 17.2. The first kappa shape index (κ1) is 20.9. The van der Waals surface area contributed by atoms with Crippen LogP contribution in [0.5, 0.6) is 0 Å². The smallest absolute Gasteiger partial charge is 0.411 e. The van der Waals surface area contributed by atoms with Crippen LogP contribution in [0.15, 0.2) is 72.3 Å². The third-order valence-corrected chi connectivity index (χ3v) is 5.91. The molecule has 1 N–H and O–H groups in total. The summed E-state index contributed by atoms with van der Waals surface area (Å²) in [5, 5.41) is 2.58. The predicted octanol–water partition coefficient (Wildman–Crippen LogP) is 2.49. The summed E-state index contributed by atoms with van der Waals surface area (Å²) in [7, 11) is 0. The van der Waals surface area contributed by atoms with Gasteiger partial charge < -0.3 is 18.9 Å². The van der Waals surface area contributed by atoms with Crippen LogP contribution in [0.25, 0.3) is 0 Å². The molecule has 3 heterocycles. The molecule has 1 amide bonds. The minimum atomic E-state index is -1.37. The van der Waals surface area contributed by atoms with Gasteiger partial charge in [0, 0.05) is 5.69 Å². The molecule has 2 bridgehead atoms. The lowest BCUT2D eigenvalue weighted by atomic mass is 9.74. The maximum Gasteiger partial charge on any atom is 0.411 e. The zero-order valence-electron chi connectivity index (χ0n) is 17.3. The molecular formula is C24H19NO8. The van der Waals surface area contributed by atoms with E-state index in [-0.39, 0.29) is 13.2 Å². The third kappa shape index (κ3) is 3.76. The van der Waals surface area contributed by atoms with Crippen molar-refractivity contribution < 1.29 is 38.1 Å². The first-order valence-electron chi connectivity index (χ1n) is 10.3. The summed E-state index contributed by atoms with van der Waals surface area (Å²) < 4.78 is 21.6. The summed E-state index contributed by atoms with van der Waals surface area (Å²) in [5.41, 5.74) is 0.0561. The molecular weight excluding hydrogens is 430 g/mol. The van der Waals surface area contributed by atoms with Gasteiger partial charge in [-0.3, -0.25) is 14.9 Å². The maximum absolute atomic E-state index is 12.4. The molecule has 3 aliphatic heterocycles. The van der Waals surface area contributed by atoms with Gasteiger partial charge in [-0.2, -0.15) is 0 Å². The molecule has 2 aromatic carbocycles. The van der Waals surface area contributed by atoms with E-state index in [4.69, 9.17) is 18.9 Å². The Hall–Kier alpha value is -3.98. The van der Waals surface area contributed by atoms with Gasteiger partial charge in [0.15, 0.2) is 0 Å². The zero-order valence-corrected chi connectivity index (χ0v) is 17.3.